The molecule has 13 heavy (non-hydrogen) atoms. The summed E-state index contributed by atoms with van der Waals surface area (Å²) < 4.78 is 4.90. The number of hydrogen-bond donors (Lipinski definition) is 1. The molecule has 0 fully saturated rings. The minimum Gasteiger partial charge on any atom is -0.465 e. The van der Waals surface area contributed by atoms with Gasteiger partial charge in [-0.3, -0.25) is 4.79 Å². The van der Waals surface area contributed by atoms with Crippen molar-refractivity contribution in [3.8, 4) is 0 Å². The number of carbonyl (C=O) groups excluding carboxylic acids is 1. The lowest BCUT2D eigenvalue weighted by molar-refractivity contribution is -0.145. The molecule has 0 saturated heterocycles. The zero-order valence-electron chi connectivity index (χ0n) is 8.00. The number of halogens is 1. The summed E-state index contributed by atoms with van der Waals surface area (Å²) in [7, 11) is 0. The Hall–Kier alpha value is -0.540. The van der Waals surface area contributed by atoms with E-state index >= 15 is 0 Å². The maximum Gasteiger partial charge on any atom is 0.323 e. The molecule has 0 aromatic carbocycles. The van der Waals surface area contributed by atoms with Crippen molar-refractivity contribution < 1.29 is 9.53 Å². The zero-order valence-corrected chi connectivity index (χ0v) is 8.82. The van der Waals surface area contributed by atoms with Gasteiger partial charge in [-0.05, 0) is 20.3 Å². The fourth-order valence-corrected chi connectivity index (χ4v) is 1.26. The Morgan fingerprint density at radius 3 is 3.00 bits per heavy atom. The fourth-order valence-electron chi connectivity index (χ4n) is 1.26. The number of carbonyl (C=O) groups is 1. The first-order chi connectivity index (χ1) is 5.74. The van der Waals surface area contributed by atoms with Crippen LogP contribution in [0, 0.1) is 0 Å². The fraction of sp³-hybridized carbons (Fsp3) is 0.667. The molecular formula is C9H16ClNO2. The van der Waals surface area contributed by atoms with Gasteiger partial charge in [0, 0.05) is 6.54 Å². The zero-order chi connectivity index (χ0) is 8.97. The summed E-state index contributed by atoms with van der Waals surface area (Å²) in [5.74, 6) is -0.134. The second-order valence-corrected chi connectivity index (χ2v) is 2.97. The quantitative estimate of drug-likeness (QED) is 0.545. The van der Waals surface area contributed by atoms with Crippen LogP contribution in [0.2, 0.25) is 0 Å². The van der Waals surface area contributed by atoms with Crippen LogP contribution in [0.1, 0.15) is 20.3 Å². The lowest BCUT2D eigenvalue weighted by atomic mass is 10.0. The van der Waals surface area contributed by atoms with Crippen molar-refractivity contribution in [3.05, 3.63) is 11.6 Å². The molecule has 0 aromatic rings. The van der Waals surface area contributed by atoms with Gasteiger partial charge in [0.25, 0.3) is 0 Å². The van der Waals surface area contributed by atoms with E-state index in [1.165, 1.54) is 5.57 Å². The maximum absolute atomic E-state index is 11.2. The third-order valence-corrected chi connectivity index (χ3v) is 1.91. The summed E-state index contributed by atoms with van der Waals surface area (Å²) in [6.45, 7) is 5.09. The normalized spacial score (nSPS) is 21.4. The topological polar surface area (TPSA) is 38.3 Å². The van der Waals surface area contributed by atoms with E-state index in [4.69, 9.17) is 4.74 Å². The summed E-state index contributed by atoms with van der Waals surface area (Å²) in [4.78, 5) is 11.2. The van der Waals surface area contributed by atoms with Crippen molar-refractivity contribution >= 4 is 18.4 Å². The number of ether oxygens (including phenoxy) is 1. The molecule has 0 amide bonds. The average molecular weight is 206 g/mol. The third-order valence-electron chi connectivity index (χ3n) is 1.91. The van der Waals surface area contributed by atoms with Crippen LogP contribution in [0.5, 0.6) is 0 Å². The van der Waals surface area contributed by atoms with Crippen LogP contribution in [-0.4, -0.2) is 25.2 Å². The smallest absolute Gasteiger partial charge is 0.323 e. The van der Waals surface area contributed by atoms with E-state index in [2.05, 4.69) is 11.4 Å². The van der Waals surface area contributed by atoms with Crippen molar-refractivity contribution in [3.63, 3.8) is 0 Å². The first-order valence-electron chi connectivity index (χ1n) is 4.29. The van der Waals surface area contributed by atoms with Crippen LogP contribution in [0.3, 0.4) is 0 Å². The molecule has 1 rings (SSSR count). The van der Waals surface area contributed by atoms with Crippen LogP contribution < -0.4 is 5.32 Å². The molecular weight excluding hydrogens is 190 g/mol. The molecule has 3 nitrogen and oxygen atoms in total. The SMILES string of the molecule is CCOC(=O)C1CC(C)=CCN1.Cl. The number of rotatable bonds is 2. The molecule has 0 saturated carbocycles. The predicted molar refractivity (Wildman–Crippen MR) is 54.0 cm³/mol. The Morgan fingerprint density at radius 2 is 2.46 bits per heavy atom. The van der Waals surface area contributed by atoms with Crippen molar-refractivity contribution in [2.75, 3.05) is 13.2 Å². The van der Waals surface area contributed by atoms with E-state index in [9.17, 15) is 4.79 Å². The molecule has 1 aliphatic heterocycles. The predicted octanol–water partition coefficient (Wildman–Crippen LogP) is 1.28. The molecule has 0 aliphatic carbocycles. The second kappa shape index (κ2) is 6.00. The van der Waals surface area contributed by atoms with E-state index in [1.807, 2.05) is 13.8 Å². The summed E-state index contributed by atoms with van der Waals surface area (Å²) in [6, 6.07) is -0.130. The monoisotopic (exact) mass is 205 g/mol. The van der Waals surface area contributed by atoms with Gasteiger partial charge in [0.15, 0.2) is 0 Å². The van der Waals surface area contributed by atoms with Gasteiger partial charge >= 0.3 is 5.97 Å². The molecule has 4 heteroatoms. The van der Waals surface area contributed by atoms with Gasteiger partial charge in [-0.25, -0.2) is 0 Å². The van der Waals surface area contributed by atoms with Crippen LogP contribution in [0.25, 0.3) is 0 Å². The lowest BCUT2D eigenvalue weighted by Gasteiger charge is -2.20. The van der Waals surface area contributed by atoms with Crippen LogP contribution >= 0.6 is 12.4 Å². The highest BCUT2D eigenvalue weighted by Crippen LogP contribution is 2.09. The van der Waals surface area contributed by atoms with Crippen molar-refractivity contribution in [1.29, 1.82) is 0 Å². The highest BCUT2D eigenvalue weighted by molar-refractivity contribution is 5.85. The van der Waals surface area contributed by atoms with Crippen molar-refractivity contribution in [1.82, 2.24) is 5.32 Å². The van der Waals surface area contributed by atoms with E-state index in [0.29, 0.717) is 6.61 Å². The molecule has 1 unspecified atom stereocenters. The van der Waals surface area contributed by atoms with Gasteiger partial charge in [0.05, 0.1) is 6.61 Å². The summed E-state index contributed by atoms with van der Waals surface area (Å²) >= 11 is 0. The van der Waals surface area contributed by atoms with E-state index in [-0.39, 0.29) is 24.4 Å². The Kier molecular flexibility index (Phi) is 5.75. The lowest BCUT2D eigenvalue weighted by Crippen LogP contribution is -2.40. The maximum atomic E-state index is 11.2. The molecule has 76 valence electrons. The Labute approximate surface area is 84.9 Å². The second-order valence-electron chi connectivity index (χ2n) is 2.97. The molecule has 0 radical (unpaired) electrons. The highest BCUT2D eigenvalue weighted by atomic mass is 35.5. The average Bonchev–Trinajstić information content (AvgIpc) is 2.05. The Morgan fingerprint density at radius 1 is 1.77 bits per heavy atom. The van der Waals surface area contributed by atoms with Gasteiger partial charge in [-0.2, -0.15) is 0 Å². The van der Waals surface area contributed by atoms with Crippen LogP contribution in [0.15, 0.2) is 11.6 Å². The molecule has 0 spiro atoms. The first kappa shape index (κ1) is 12.5. The van der Waals surface area contributed by atoms with Gasteiger partial charge < -0.3 is 10.1 Å². The minimum atomic E-state index is -0.134. The largest absolute Gasteiger partial charge is 0.465 e. The number of nitrogens with one attached hydrogen (secondary N) is 1. The molecule has 1 aliphatic rings. The molecule has 0 bridgehead atoms. The van der Waals surface area contributed by atoms with Crippen LogP contribution in [-0.2, 0) is 9.53 Å². The standard InChI is InChI=1S/C9H15NO2.ClH/c1-3-12-9(11)8-6-7(2)4-5-10-8;/h4,8,10H,3,5-6H2,1-2H3;1H. The summed E-state index contributed by atoms with van der Waals surface area (Å²) in [5.41, 5.74) is 1.26. The van der Waals surface area contributed by atoms with Gasteiger partial charge in [0.2, 0.25) is 0 Å². The van der Waals surface area contributed by atoms with Gasteiger partial charge in [-0.15, -0.1) is 12.4 Å². The molecule has 1 atom stereocenters. The third kappa shape index (κ3) is 3.79. The van der Waals surface area contributed by atoms with E-state index in [0.717, 1.165) is 13.0 Å². The molecule has 1 heterocycles. The van der Waals surface area contributed by atoms with Crippen molar-refractivity contribution in [2.45, 2.75) is 26.3 Å². The minimum absolute atomic E-state index is 0. The van der Waals surface area contributed by atoms with Gasteiger partial charge in [-0.1, -0.05) is 11.6 Å². The van der Waals surface area contributed by atoms with Crippen molar-refractivity contribution in [2.24, 2.45) is 0 Å². The summed E-state index contributed by atoms with van der Waals surface area (Å²) in [6.07, 6.45) is 2.87. The van der Waals surface area contributed by atoms with E-state index in [1.54, 1.807) is 0 Å². The molecule has 1 N–H and O–H groups in total. The summed E-state index contributed by atoms with van der Waals surface area (Å²) in [5, 5.41) is 3.08. The van der Waals surface area contributed by atoms with Crippen LogP contribution in [0.4, 0.5) is 0 Å². The Bertz CT molecular complexity index is 204. The molecule has 0 aromatic heterocycles. The Balaban J connectivity index is 0.00000144. The highest BCUT2D eigenvalue weighted by Gasteiger charge is 2.21. The number of hydrogen-bond acceptors (Lipinski definition) is 3. The van der Waals surface area contributed by atoms with Gasteiger partial charge in [0.1, 0.15) is 6.04 Å². The number of esters is 1. The van der Waals surface area contributed by atoms with E-state index < -0.39 is 0 Å². The first-order valence-corrected chi connectivity index (χ1v) is 4.29.